The summed E-state index contributed by atoms with van der Waals surface area (Å²) >= 11 is 6.35. The van der Waals surface area contributed by atoms with Crippen LogP contribution >= 0.6 is 11.6 Å². The second-order valence-corrected chi connectivity index (χ2v) is 10.8. The normalized spacial score (nSPS) is 22.6. The first kappa shape index (κ1) is 24.1. The molecule has 1 atom stereocenters. The van der Waals surface area contributed by atoms with Crippen LogP contribution in [-0.4, -0.2) is 55.5 Å². The summed E-state index contributed by atoms with van der Waals surface area (Å²) in [7, 11) is 0. The fraction of sp³-hybridized carbons (Fsp3) is 0.500. The smallest absolute Gasteiger partial charge is 0.377 e. The highest BCUT2D eigenvalue weighted by molar-refractivity contribution is 6.30. The van der Waals surface area contributed by atoms with Gasteiger partial charge in [-0.1, -0.05) is 36.5 Å². The van der Waals surface area contributed by atoms with Crippen LogP contribution in [0.4, 0.5) is 5.95 Å². The Kier molecular flexibility index (Phi) is 6.46. The number of imidazole rings is 1. The van der Waals surface area contributed by atoms with Crippen molar-refractivity contribution in [2.45, 2.75) is 52.1 Å². The molecular formula is C26H30ClN7O3. The van der Waals surface area contributed by atoms with E-state index in [2.05, 4.69) is 38.4 Å². The Labute approximate surface area is 219 Å². The molecule has 0 unspecified atom stereocenters. The van der Waals surface area contributed by atoms with Gasteiger partial charge in [0, 0.05) is 31.0 Å². The van der Waals surface area contributed by atoms with Crippen molar-refractivity contribution in [1.82, 2.24) is 29.7 Å². The van der Waals surface area contributed by atoms with Gasteiger partial charge >= 0.3 is 5.76 Å². The van der Waals surface area contributed by atoms with Gasteiger partial charge in [-0.2, -0.15) is 0 Å². The molecule has 37 heavy (non-hydrogen) atoms. The van der Waals surface area contributed by atoms with E-state index in [4.69, 9.17) is 30.8 Å². The Bertz CT molecular complexity index is 1470. The molecule has 194 valence electrons. The van der Waals surface area contributed by atoms with Crippen molar-refractivity contribution in [2.75, 3.05) is 24.7 Å². The van der Waals surface area contributed by atoms with Crippen LogP contribution in [0.3, 0.4) is 0 Å². The summed E-state index contributed by atoms with van der Waals surface area (Å²) in [6.07, 6.45) is 8.22. The van der Waals surface area contributed by atoms with E-state index in [-0.39, 0.29) is 11.9 Å². The van der Waals surface area contributed by atoms with E-state index in [0.29, 0.717) is 35.5 Å². The second-order valence-electron chi connectivity index (χ2n) is 10.3. The SMILES string of the molecule is C[C@@H]1COCCN1c1nc2cc(-c3noc(=O)[nH]3)nc(-c3cncc(Cl)c3)c2n1C[C@H]1CC[C@H](C)CC1. The molecule has 6 rings (SSSR count). The summed E-state index contributed by atoms with van der Waals surface area (Å²) < 4.78 is 12.8. The van der Waals surface area contributed by atoms with Crippen molar-refractivity contribution < 1.29 is 9.26 Å². The molecule has 0 bridgehead atoms. The predicted molar refractivity (Wildman–Crippen MR) is 141 cm³/mol. The number of H-pyrrole nitrogens is 1. The van der Waals surface area contributed by atoms with Gasteiger partial charge in [0.15, 0.2) is 0 Å². The van der Waals surface area contributed by atoms with Crippen molar-refractivity contribution in [3.63, 3.8) is 0 Å². The number of aromatic nitrogens is 6. The quantitative estimate of drug-likeness (QED) is 0.405. The molecule has 1 aliphatic carbocycles. The van der Waals surface area contributed by atoms with Crippen molar-refractivity contribution in [2.24, 2.45) is 11.8 Å². The maximum absolute atomic E-state index is 11.7. The number of hydrogen-bond donors (Lipinski definition) is 1. The zero-order valence-corrected chi connectivity index (χ0v) is 21.7. The zero-order chi connectivity index (χ0) is 25.5. The Balaban J connectivity index is 1.58. The molecule has 1 saturated heterocycles. The average Bonchev–Trinajstić information content (AvgIpc) is 3.49. The molecule has 2 fully saturated rings. The third-order valence-electron chi connectivity index (χ3n) is 7.57. The van der Waals surface area contributed by atoms with E-state index in [1.54, 1.807) is 12.4 Å². The molecule has 0 spiro atoms. The van der Waals surface area contributed by atoms with E-state index in [9.17, 15) is 4.79 Å². The molecule has 5 heterocycles. The third-order valence-corrected chi connectivity index (χ3v) is 7.77. The molecule has 2 aliphatic rings. The molecule has 0 radical (unpaired) electrons. The summed E-state index contributed by atoms with van der Waals surface area (Å²) in [5, 5.41) is 4.38. The zero-order valence-electron chi connectivity index (χ0n) is 21.0. The van der Waals surface area contributed by atoms with Gasteiger partial charge in [0.25, 0.3) is 0 Å². The van der Waals surface area contributed by atoms with Gasteiger partial charge in [0.1, 0.15) is 5.69 Å². The minimum atomic E-state index is -0.636. The van der Waals surface area contributed by atoms with Crippen LogP contribution < -0.4 is 10.7 Å². The monoisotopic (exact) mass is 523 g/mol. The van der Waals surface area contributed by atoms with Crippen molar-refractivity contribution in [3.05, 3.63) is 40.1 Å². The molecule has 0 aromatic carbocycles. The van der Waals surface area contributed by atoms with Gasteiger partial charge in [-0.3, -0.25) is 14.5 Å². The van der Waals surface area contributed by atoms with Crippen LogP contribution in [0.15, 0.2) is 33.8 Å². The Hall–Kier alpha value is -3.24. The Morgan fingerprint density at radius 2 is 1.97 bits per heavy atom. The highest BCUT2D eigenvalue weighted by atomic mass is 35.5. The minimum Gasteiger partial charge on any atom is -0.377 e. The number of nitrogens with zero attached hydrogens (tertiary/aromatic N) is 6. The minimum absolute atomic E-state index is 0.186. The van der Waals surface area contributed by atoms with E-state index in [1.807, 2.05) is 12.1 Å². The van der Waals surface area contributed by atoms with Crippen molar-refractivity contribution in [3.8, 4) is 22.8 Å². The molecular weight excluding hydrogens is 494 g/mol. The van der Waals surface area contributed by atoms with Crippen molar-refractivity contribution in [1.29, 1.82) is 0 Å². The lowest BCUT2D eigenvalue weighted by atomic mass is 9.83. The summed E-state index contributed by atoms with van der Waals surface area (Å²) in [4.78, 5) is 31.0. The summed E-state index contributed by atoms with van der Waals surface area (Å²) in [5.41, 5.74) is 3.61. The van der Waals surface area contributed by atoms with E-state index in [0.717, 1.165) is 41.6 Å². The number of rotatable bonds is 5. The van der Waals surface area contributed by atoms with Gasteiger partial charge in [-0.25, -0.2) is 14.8 Å². The van der Waals surface area contributed by atoms with E-state index >= 15 is 0 Å². The summed E-state index contributed by atoms with van der Waals surface area (Å²) in [6, 6.07) is 3.90. The number of hydrogen-bond acceptors (Lipinski definition) is 8. The fourth-order valence-corrected chi connectivity index (χ4v) is 5.71. The Morgan fingerprint density at radius 1 is 1.14 bits per heavy atom. The second kappa shape index (κ2) is 9.90. The molecule has 1 N–H and O–H groups in total. The largest absolute Gasteiger partial charge is 0.439 e. The highest BCUT2D eigenvalue weighted by Gasteiger charge is 2.29. The number of morpholine rings is 1. The summed E-state index contributed by atoms with van der Waals surface area (Å²) in [6.45, 7) is 7.43. The van der Waals surface area contributed by atoms with Gasteiger partial charge < -0.3 is 14.2 Å². The molecule has 1 saturated carbocycles. The van der Waals surface area contributed by atoms with E-state index in [1.165, 1.54) is 25.7 Å². The number of nitrogens with one attached hydrogen (secondary N) is 1. The first-order valence-corrected chi connectivity index (χ1v) is 13.3. The third kappa shape index (κ3) is 4.75. The first-order chi connectivity index (χ1) is 18.0. The maximum Gasteiger partial charge on any atom is 0.439 e. The van der Waals surface area contributed by atoms with Gasteiger partial charge in [0.2, 0.25) is 11.8 Å². The molecule has 0 amide bonds. The van der Waals surface area contributed by atoms with Gasteiger partial charge in [-0.15, -0.1) is 0 Å². The maximum atomic E-state index is 11.7. The lowest BCUT2D eigenvalue weighted by molar-refractivity contribution is 0.0976. The number of anilines is 1. The number of fused-ring (bicyclic) bond motifs is 1. The van der Waals surface area contributed by atoms with E-state index < -0.39 is 5.76 Å². The average molecular weight is 524 g/mol. The lowest BCUT2D eigenvalue weighted by Gasteiger charge is -2.35. The van der Waals surface area contributed by atoms with Gasteiger partial charge in [0.05, 0.1) is 41.0 Å². The highest BCUT2D eigenvalue weighted by Crippen LogP contribution is 2.37. The molecule has 10 nitrogen and oxygen atoms in total. The number of halogens is 1. The van der Waals surface area contributed by atoms with Gasteiger partial charge in [-0.05, 0) is 43.7 Å². The molecule has 1 aliphatic heterocycles. The van der Waals surface area contributed by atoms with Crippen LogP contribution in [0.5, 0.6) is 0 Å². The van der Waals surface area contributed by atoms with Crippen LogP contribution in [0, 0.1) is 11.8 Å². The first-order valence-electron chi connectivity index (χ1n) is 12.9. The lowest BCUT2D eigenvalue weighted by Crippen LogP contribution is -2.45. The van der Waals surface area contributed by atoms with Crippen LogP contribution in [0.2, 0.25) is 5.02 Å². The summed E-state index contributed by atoms with van der Waals surface area (Å²) in [5.74, 6) is 1.85. The van der Waals surface area contributed by atoms with Crippen molar-refractivity contribution >= 4 is 28.6 Å². The Morgan fingerprint density at radius 3 is 2.70 bits per heavy atom. The van der Waals surface area contributed by atoms with Crippen LogP contribution in [0.25, 0.3) is 33.8 Å². The molecule has 4 aromatic heterocycles. The number of aromatic amines is 1. The molecule has 4 aromatic rings. The van der Waals surface area contributed by atoms with Crippen LogP contribution in [0.1, 0.15) is 39.5 Å². The predicted octanol–water partition coefficient (Wildman–Crippen LogP) is 4.54. The topological polar surface area (TPSA) is 115 Å². The molecule has 11 heteroatoms. The number of pyridine rings is 2. The fourth-order valence-electron chi connectivity index (χ4n) is 5.53. The number of ether oxygens (including phenoxy) is 1. The standard InChI is InChI=1S/C26H30ClN7O3/c1-15-3-5-17(6-4-15)13-34-23-20(30-25(34)33-7-8-36-14-16(33)2)10-21(24-31-26(35)37-32-24)29-22(23)18-9-19(27)12-28-11-18/h9-12,15-17H,3-8,13-14H2,1-2H3,(H,31,32,35)/t15-,16-,17-/m1/s1. The van der Waals surface area contributed by atoms with Crippen LogP contribution in [-0.2, 0) is 11.3 Å².